The molecule has 0 aliphatic carbocycles. The Hall–Kier alpha value is -4.15. The Morgan fingerprint density at radius 1 is 1.21 bits per heavy atom. The van der Waals surface area contributed by atoms with Gasteiger partial charge in [-0.1, -0.05) is 25.1 Å². The number of thiophene rings is 1. The zero-order valence-corrected chi connectivity index (χ0v) is 22.6. The molecule has 3 N–H and O–H groups in total. The summed E-state index contributed by atoms with van der Waals surface area (Å²) in [5, 5.41) is 11.2. The summed E-state index contributed by atoms with van der Waals surface area (Å²) in [7, 11) is 0. The number of hydrogen-bond donors (Lipinski definition) is 3. The maximum atomic E-state index is 13.3. The number of ether oxygens (including phenoxy) is 1. The summed E-state index contributed by atoms with van der Waals surface area (Å²) < 4.78 is 6.12. The van der Waals surface area contributed by atoms with Crippen LogP contribution in [0.4, 0.5) is 16.2 Å². The number of piperidine rings is 1. The van der Waals surface area contributed by atoms with Crippen molar-refractivity contribution in [1.29, 1.82) is 0 Å². The van der Waals surface area contributed by atoms with Crippen LogP contribution in [0.5, 0.6) is 17.2 Å². The number of carbonyl (C=O) groups excluding carboxylic acids is 2. The van der Waals surface area contributed by atoms with Crippen molar-refractivity contribution in [2.45, 2.75) is 39.2 Å². The average molecular weight is 544 g/mol. The third kappa shape index (κ3) is 4.88. The molecule has 0 unspecified atom stereocenters. The molecule has 1 atom stereocenters. The van der Waals surface area contributed by atoms with Crippen LogP contribution >= 0.6 is 11.3 Å². The fourth-order valence-corrected chi connectivity index (χ4v) is 5.97. The zero-order chi connectivity index (χ0) is 26.9. The third-order valence-corrected chi connectivity index (χ3v) is 8.06. The van der Waals surface area contributed by atoms with Gasteiger partial charge >= 0.3 is 6.03 Å². The van der Waals surface area contributed by atoms with Gasteiger partial charge in [-0.15, -0.1) is 16.4 Å². The van der Waals surface area contributed by atoms with E-state index in [1.54, 1.807) is 18.3 Å². The minimum Gasteiger partial charge on any atom is -0.457 e. The number of aryl methyl sites for hydroxylation is 2. The van der Waals surface area contributed by atoms with Gasteiger partial charge in [0.05, 0.1) is 11.1 Å². The first-order valence-electron chi connectivity index (χ1n) is 13.1. The maximum absolute atomic E-state index is 13.3. The van der Waals surface area contributed by atoms with E-state index in [4.69, 9.17) is 9.57 Å². The lowest BCUT2D eigenvalue weighted by Crippen LogP contribution is -2.45. The summed E-state index contributed by atoms with van der Waals surface area (Å²) >= 11 is 1.26. The van der Waals surface area contributed by atoms with Crippen molar-refractivity contribution in [3.63, 3.8) is 0 Å². The van der Waals surface area contributed by atoms with Crippen LogP contribution in [0.2, 0.25) is 0 Å². The smallest absolute Gasteiger partial charge is 0.359 e. The van der Waals surface area contributed by atoms with Gasteiger partial charge in [0.2, 0.25) is 0 Å². The van der Waals surface area contributed by atoms with Crippen molar-refractivity contribution in [2.24, 2.45) is 0 Å². The summed E-state index contributed by atoms with van der Waals surface area (Å²) in [5.74, 6) is 1.79. The Morgan fingerprint density at radius 3 is 2.87 bits per heavy atom. The van der Waals surface area contributed by atoms with Crippen LogP contribution in [0.15, 0.2) is 54.7 Å². The number of para-hydroxylation sites is 1. The molecule has 2 aliphatic heterocycles. The van der Waals surface area contributed by atoms with Gasteiger partial charge in [0.25, 0.3) is 5.91 Å². The van der Waals surface area contributed by atoms with Gasteiger partial charge in [-0.2, -0.15) is 0 Å². The maximum Gasteiger partial charge on any atom is 0.359 e. The molecular weight excluding hydrogens is 514 g/mol. The molecule has 3 amide bonds. The number of rotatable bonds is 7. The highest BCUT2D eigenvalue weighted by Gasteiger charge is 2.34. The second-order valence-electron chi connectivity index (χ2n) is 9.64. The Bertz CT molecular complexity index is 1560. The van der Waals surface area contributed by atoms with Gasteiger partial charge in [-0.25, -0.2) is 9.78 Å². The van der Waals surface area contributed by atoms with Crippen molar-refractivity contribution in [3.05, 3.63) is 70.7 Å². The first kappa shape index (κ1) is 25.1. The number of benzene rings is 2. The number of hydroxylamine groups is 1. The van der Waals surface area contributed by atoms with Crippen LogP contribution in [0.25, 0.3) is 10.2 Å². The van der Waals surface area contributed by atoms with Crippen LogP contribution in [-0.4, -0.2) is 36.1 Å². The topological polar surface area (TPSA) is 105 Å². The Balaban J connectivity index is 1.26. The number of aromatic nitrogens is 1. The van der Waals surface area contributed by atoms with E-state index in [9.17, 15) is 9.59 Å². The normalized spacial score (nSPS) is 16.6. The van der Waals surface area contributed by atoms with Crippen LogP contribution in [0, 0.1) is 6.92 Å². The predicted molar refractivity (Wildman–Crippen MR) is 152 cm³/mol. The number of nitrogens with zero attached hydrogens (tertiary/aromatic N) is 2. The minimum atomic E-state index is -0.488. The Kier molecular flexibility index (Phi) is 6.80. The summed E-state index contributed by atoms with van der Waals surface area (Å²) in [4.78, 5) is 38.1. The van der Waals surface area contributed by atoms with E-state index < -0.39 is 6.03 Å². The van der Waals surface area contributed by atoms with Crippen molar-refractivity contribution < 1.29 is 19.2 Å². The number of urea groups is 1. The molecule has 2 aromatic carbocycles. The fourth-order valence-electron chi connectivity index (χ4n) is 4.95. The molecule has 2 aliphatic rings. The standard InChI is InChI=1S/C29H29N5O4S/c1-3-18-7-4-5-9-23(18)37-20-10-11-22(17(2)15-20)38-34-21-12-14-31-28-24(21)25(33-29(34)36)26(39-28)27(35)32-19-8-6-13-30-16-19/h4-5,7,9-12,14-15,19,30H,3,6,8,13,16H2,1-2H3,(H,32,35)(H,33,36)/t19-/m1/s1. The molecule has 1 saturated heterocycles. The number of amides is 3. The molecule has 10 heteroatoms. The average Bonchev–Trinajstić information content (AvgIpc) is 3.32. The number of carbonyl (C=O) groups is 2. The molecule has 4 aromatic rings. The molecule has 200 valence electrons. The van der Waals surface area contributed by atoms with E-state index in [0.717, 1.165) is 49.2 Å². The van der Waals surface area contributed by atoms with E-state index in [-0.39, 0.29) is 11.9 Å². The highest BCUT2D eigenvalue weighted by atomic mass is 32.1. The van der Waals surface area contributed by atoms with Gasteiger partial charge in [0, 0.05) is 18.8 Å². The van der Waals surface area contributed by atoms with Crippen molar-refractivity contribution >= 4 is 44.9 Å². The zero-order valence-electron chi connectivity index (χ0n) is 21.7. The molecule has 2 aromatic heterocycles. The third-order valence-electron chi connectivity index (χ3n) is 6.96. The lowest BCUT2D eigenvalue weighted by Gasteiger charge is -2.28. The van der Waals surface area contributed by atoms with Gasteiger partial charge in [-0.05, 0) is 74.2 Å². The molecule has 39 heavy (non-hydrogen) atoms. The largest absolute Gasteiger partial charge is 0.457 e. The van der Waals surface area contributed by atoms with Crippen LogP contribution in [-0.2, 0) is 6.42 Å². The summed E-state index contributed by atoms with van der Waals surface area (Å²) in [6.45, 7) is 5.68. The van der Waals surface area contributed by atoms with Crippen molar-refractivity contribution in [2.75, 3.05) is 23.5 Å². The van der Waals surface area contributed by atoms with E-state index in [1.807, 2.05) is 43.3 Å². The van der Waals surface area contributed by atoms with Crippen molar-refractivity contribution in [3.8, 4) is 17.2 Å². The van der Waals surface area contributed by atoms with E-state index in [1.165, 1.54) is 16.4 Å². The van der Waals surface area contributed by atoms with Crippen LogP contribution in [0.1, 0.15) is 40.6 Å². The molecule has 6 rings (SSSR count). The SMILES string of the molecule is CCc1ccccc1Oc1ccc(ON2C(=O)Nc3c(C(=O)N[C@@H]4CCCNC4)sc4nccc2c34)c(C)c1. The monoisotopic (exact) mass is 543 g/mol. The molecule has 0 spiro atoms. The van der Waals surface area contributed by atoms with Crippen molar-refractivity contribution in [1.82, 2.24) is 15.6 Å². The number of nitrogens with one attached hydrogen (secondary N) is 3. The second kappa shape index (κ2) is 10.5. The summed E-state index contributed by atoms with van der Waals surface area (Å²) in [6.07, 6.45) is 4.42. The van der Waals surface area contributed by atoms with E-state index in [2.05, 4.69) is 27.9 Å². The molecule has 0 radical (unpaired) electrons. The number of pyridine rings is 1. The Labute approximate surface area is 230 Å². The molecule has 0 saturated carbocycles. The first-order chi connectivity index (χ1) is 19.0. The molecular formula is C29H29N5O4S. The first-order valence-corrected chi connectivity index (χ1v) is 13.9. The molecule has 1 fully saturated rings. The van der Waals surface area contributed by atoms with Gasteiger partial charge in [0.1, 0.15) is 26.9 Å². The van der Waals surface area contributed by atoms with Crippen LogP contribution in [0.3, 0.4) is 0 Å². The second-order valence-corrected chi connectivity index (χ2v) is 10.6. The quantitative estimate of drug-likeness (QED) is 0.273. The highest BCUT2D eigenvalue weighted by Crippen LogP contribution is 2.44. The fraction of sp³-hybridized carbons (Fsp3) is 0.276. The summed E-state index contributed by atoms with van der Waals surface area (Å²) in [5.41, 5.74) is 2.93. The number of anilines is 2. The van der Waals surface area contributed by atoms with Gasteiger partial charge in [-0.3, -0.25) is 4.79 Å². The van der Waals surface area contributed by atoms with E-state index >= 15 is 0 Å². The van der Waals surface area contributed by atoms with Crippen LogP contribution < -0.4 is 30.6 Å². The van der Waals surface area contributed by atoms with E-state index in [0.29, 0.717) is 38.0 Å². The number of hydrogen-bond acceptors (Lipinski definition) is 7. The Morgan fingerprint density at radius 2 is 2.08 bits per heavy atom. The summed E-state index contributed by atoms with van der Waals surface area (Å²) in [6, 6.07) is 14.7. The van der Waals surface area contributed by atoms with Gasteiger partial charge in [0.15, 0.2) is 5.75 Å². The molecule has 4 heterocycles. The minimum absolute atomic E-state index is 0.0561. The highest BCUT2D eigenvalue weighted by molar-refractivity contribution is 7.21. The predicted octanol–water partition coefficient (Wildman–Crippen LogP) is 5.79. The lowest BCUT2D eigenvalue weighted by molar-refractivity contribution is 0.0935. The lowest BCUT2D eigenvalue weighted by atomic mass is 10.1. The molecule has 9 nitrogen and oxygen atoms in total. The van der Waals surface area contributed by atoms with Gasteiger partial charge < -0.3 is 25.5 Å². The molecule has 0 bridgehead atoms.